The van der Waals surface area contributed by atoms with Gasteiger partial charge in [-0.2, -0.15) is 5.10 Å². The second-order valence-electron chi connectivity index (χ2n) is 5.28. The third kappa shape index (κ3) is 2.83. The number of H-pyrrole nitrogens is 1. The Morgan fingerprint density at radius 1 is 1.40 bits per heavy atom. The Morgan fingerprint density at radius 3 is 2.80 bits per heavy atom. The van der Waals surface area contributed by atoms with Gasteiger partial charge >= 0.3 is 4.87 Å². The fourth-order valence-electron chi connectivity index (χ4n) is 2.76. The van der Waals surface area contributed by atoms with Crippen molar-refractivity contribution in [2.45, 2.75) is 32.2 Å². The Morgan fingerprint density at radius 2 is 2.20 bits per heavy atom. The number of aryl methyl sites for hydroxylation is 1. The van der Waals surface area contributed by atoms with Crippen LogP contribution in [0.3, 0.4) is 0 Å². The maximum atomic E-state index is 11.7. The molecule has 7 heteroatoms. The van der Waals surface area contributed by atoms with Crippen LogP contribution in [0.1, 0.15) is 30.3 Å². The van der Waals surface area contributed by atoms with Gasteiger partial charge < -0.3 is 9.47 Å². The Bertz CT molecular complexity index is 595. The number of aromatic nitrogens is 4. The second kappa shape index (κ2) is 5.88. The monoisotopic (exact) mass is 293 g/mol. The summed E-state index contributed by atoms with van der Waals surface area (Å²) in [5.41, 5.74) is 1.07. The summed E-state index contributed by atoms with van der Waals surface area (Å²) in [6, 6.07) is 0. The van der Waals surface area contributed by atoms with E-state index < -0.39 is 0 Å². The molecule has 1 aliphatic heterocycles. The molecule has 2 aromatic heterocycles. The van der Waals surface area contributed by atoms with Gasteiger partial charge in [-0.25, -0.2) is 4.98 Å². The van der Waals surface area contributed by atoms with Crippen LogP contribution in [0.25, 0.3) is 0 Å². The Balaban J connectivity index is 1.51. The SMILES string of the molecule is Cc1csc(=O)n1CCN1CCC(c2ncn[nH]2)CC1. The quantitative estimate of drug-likeness (QED) is 0.920. The second-order valence-corrected chi connectivity index (χ2v) is 6.10. The van der Waals surface area contributed by atoms with Crippen LogP contribution >= 0.6 is 11.3 Å². The molecule has 0 aliphatic carbocycles. The summed E-state index contributed by atoms with van der Waals surface area (Å²) < 4.78 is 1.87. The highest BCUT2D eigenvalue weighted by Gasteiger charge is 2.22. The van der Waals surface area contributed by atoms with E-state index in [1.54, 1.807) is 6.33 Å². The van der Waals surface area contributed by atoms with E-state index >= 15 is 0 Å². The molecule has 0 aromatic carbocycles. The number of aromatic amines is 1. The molecule has 108 valence electrons. The van der Waals surface area contributed by atoms with Crippen LogP contribution in [0.15, 0.2) is 16.5 Å². The molecular weight excluding hydrogens is 274 g/mol. The van der Waals surface area contributed by atoms with Crippen LogP contribution in [-0.4, -0.2) is 44.3 Å². The molecule has 0 radical (unpaired) electrons. The molecule has 0 bridgehead atoms. The first-order valence-corrected chi connectivity index (χ1v) is 7.84. The largest absolute Gasteiger partial charge is 0.307 e. The van der Waals surface area contributed by atoms with Gasteiger partial charge in [0.05, 0.1) is 0 Å². The van der Waals surface area contributed by atoms with Crippen molar-refractivity contribution < 1.29 is 0 Å². The van der Waals surface area contributed by atoms with Crippen molar-refractivity contribution in [3.63, 3.8) is 0 Å². The number of thiazole rings is 1. The van der Waals surface area contributed by atoms with Gasteiger partial charge in [0.25, 0.3) is 0 Å². The minimum Gasteiger partial charge on any atom is -0.302 e. The van der Waals surface area contributed by atoms with Gasteiger partial charge in [-0.15, -0.1) is 0 Å². The van der Waals surface area contributed by atoms with Gasteiger partial charge in [-0.05, 0) is 32.9 Å². The molecule has 1 fully saturated rings. The van der Waals surface area contributed by atoms with Gasteiger partial charge in [0.1, 0.15) is 12.2 Å². The van der Waals surface area contributed by atoms with Crippen LogP contribution in [0.4, 0.5) is 0 Å². The molecule has 3 heterocycles. The summed E-state index contributed by atoms with van der Waals surface area (Å²) >= 11 is 1.29. The van der Waals surface area contributed by atoms with Gasteiger partial charge in [-0.1, -0.05) is 11.3 Å². The molecule has 0 spiro atoms. The minimum atomic E-state index is 0.152. The smallest absolute Gasteiger partial charge is 0.302 e. The first-order valence-electron chi connectivity index (χ1n) is 6.96. The summed E-state index contributed by atoms with van der Waals surface area (Å²) in [6.45, 7) is 5.85. The summed E-state index contributed by atoms with van der Waals surface area (Å²) in [4.78, 5) is 18.5. The number of nitrogens with zero attached hydrogens (tertiary/aromatic N) is 4. The van der Waals surface area contributed by atoms with E-state index in [9.17, 15) is 4.79 Å². The lowest BCUT2D eigenvalue weighted by molar-refractivity contribution is 0.202. The number of piperidine rings is 1. The highest BCUT2D eigenvalue weighted by molar-refractivity contribution is 7.07. The zero-order valence-corrected chi connectivity index (χ0v) is 12.4. The Labute approximate surface area is 121 Å². The molecule has 0 atom stereocenters. The van der Waals surface area contributed by atoms with Gasteiger partial charge in [0.15, 0.2) is 0 Å². The van der Waals surface area contributed by atoms with E-state index in [-0.39, 0.29) is 4.87 Å². The number of hydrogen-bond acceptors (Lipinski definition) is 5. The van der Waals surface area contributed by atoms with Crippen LogP contribution in [0.5, 0.6) is 0 Å². The van der Waals surface area contributed by atoms with Crippen LogP contribution < -0.4 is 4.87 Å². The predicted octanol–water partition coefficient (Wildman–Crippen LogP) is 1.22. The van der Waals surface area contributed by atoms with Crippen molar-refractivity contribution in [3.05, 3.63) is 32.9 Å². The topological polar surface area (TPSA) is 66.8 Å². The molecule has 1 saturated heterocycles. The highest BCUT2D eigenvalue weighted by Crippen LogP contribution is 2.24. The van der Waals surface area contributed by atoms with Crippen LogP contribution in [0.2, 0.25) is 0 Å². The molecule has 3 rings (SSSR count). The molecule has 0 saturated carbocycles. The van der Waals surface area contributed by atoms with Crippen LogP contribution in [-0.2, 0) is 6.54 Å². The van der Waals surface area contributed by atoms with E-state index in [1.165, 1.54) is 11.3 Å². The van der Waals surface area contributed by atoms with E-state index in [1.807, 2.05) is 16.9 Å². The number of nitrogens with one attached hydrogen (secondary N) is 1. The molecule has 2 aromatic rings. The molecule has 6 nitrogen and oxygen atoms in total. The first-order chi connectivity index (χ1) is 9.74. The predicted molar refractivity (Wildman–Crippen MR) is 78.1 cm³/mol. The third-order valence-corrected chi connectivity index (χ3v) is 4.91. The standard InChI is InChI=1S/C13H19N5OS/c1-10-8-20-13(19)18(10)7-6-17-4-2-11(3-5-17)12-14-9-15-16-12/h8-9,11H,2-7H2,1H3,(H,14,15,16). The molecule has 20 heavy (non-hydrogen) atoms. The van der Waals surface area contributed by atoms with Crippen molar-refractivity contribution in [1.29, 1.82) is 0 Å². The summed E-state index contributed by atoms with van der Waals surface area (Å²) in [5.74, 6) is 1.51. The normalized spacial score (nSPS) is 17.6. The summed E-state index contributed by atoms with van der Waals surface area (Å²) in [6.07, 6.45) is 3.78. The average Bonchev–Trinajstić information content (AvgIpc) is 3.09. The summed E-state index contributed by atoms with van der Waals surface area (Å²) in [7, 11) is 0. The van der Waals surface area contributed by atoms with Gasteiger partial charge in [0, 0.05) is 30.1 Å². The molecule has 1 N–H and O–H groups in total. The molecule has 0 amide bonds. The highest BCUT2D eigenvalue weighted by atomic mass is 32.1. The maximum absolute atomic E-state index is 11.7. The van der Waals surface area contributed by atoms with E-state index in [2.05, 4.69) is 20.1 Å². The fraction of sp³-hybridized carbons (Fsp3) is 0.615. The third-order valence-electron chi connectivity index (χ3n) is 4.02. The lowest BCUT2D eigenvalue weighted by Gasteiger charge is -2.30. The van der Waals surface area contributed by atoms with Crippen molar-refractivity contribution in [2.75, 3.05) is 19.6 Å². The first kappa shape index (κ1) is 13.5. The van der Waals surface area contributed by atoms with Crippen LogP contribution in [0, 0.1) is 6.92 Å². The Kier molecular flexibility index (Phi) is 3.98. The van der Waals surface area contributed by atoms with Crippen molar-refractivity contribution in [3.8, 4) is 0 Å². The lowest BCUT2D eigenvalue weighted by atomic mass is 9.96. The van der Waals surface area contributed by atoms with Crippen molar-refractivity contribution in [1.82, 2.24) is 24.6 Å². The number of likely N-dealkylation sites (tertiary alicyclic amines) is 1. The Hall–Kier alpha value is -1.47. The molecular formula is C13H19N5OS. The van der Waals surface area contributed by atoms with Gasteiger partial charge in [-0.3, -0.25) is 9.89 Å². The maximum Gasteiger partial charge on any atom is 0.307 e. The van der Waals surface area contributed by atoms with E-state index in [0.29, 0.717) is 5.92 Å². The zero-order valence-electron chi connectivity index (χ0n) is 11.6. The van der Waals surface area contributed by atoms with Crippen molar-refractivity contribution >= 4 is 11.3 Å². The number of rotatable bonds is 4. The van der Waals surface area contributed by atoms with Crippen molar-refractivity contribution in [2.24, 2.45) is 0 Å². The number of hydrogen-bond donors (Lipinski definition) is 1. The molecule has 1 aliphatic rings. The van der Waals surface area contributed by atoms with E-state index in [0.717, 1.165) is 50.5 Å². The zero-order chi connectivity index (χ0) is 13.9. The molecule has 0 unspecified atom stereocenters. The minimum absolute atomic E-state index is 0.152. The average molecular weight is 293 g/mol. The summed E-state index contributed by atoms with van der Waals surface area (Å²) in [5, 5.41) is 8.82. The fourth-order valence-corrected chi connectivity index (χ4v) is 3.52. The van der Waals surface area contributed by atoms with E-state index in [4.69, 9.17) is 0 Å². The van der Waals surface area contributed by atoms with Gasteiger partial charge in [0.2, 0.25) is 0 Å². The lowest BCUT2D eigenvalue weighted by Crippen LogP contribution is -2.36.